The molecule has 126 valence electrons. The predicted octanol–water partition coefficient (Wildman–Crippen LogP) is 2.20. The molecule has 2 aromatic rings. The quantitative estimate of drug-likeness (QED) is 0.882. The van der Waals surface area contributed by atoms with Crippen molar-refractivity contribution in [1.82, 2.24) is 4.90 Å². The van der Waals surface area contributed by atoms with Crippen molar-refractivity contribution in [2.75, 3.05) is 31.1 Å². The fourth-order valence-corrected chi connectivity index (χ4v) is 3.03. The second kappa shape index (κ2) is 7.47. The number of carboxylic acids is 1. The van der Waals surface area contributed by atoms with Gasteiger partial charge in [0.15, 0.2) is 0 Å². The van der Waals surface area contributed by atoms with Crippen LogP contribution < -0.4 is 4.90 Å². The first-order valence-electron chi connectivity index (χ1n) is 8.15. The molecular weight excluding hydrogens is 304 g/mol. The van der Waals surface area contributed by atoms with Crippen LogP contribution in [0.1, 0.15) is 21.5 Å². The van der Waals surface area contributed by atoms with Crippen molar-refractivity contribution in [3.63, 3.8) is 0 Å². The number of benzene rings is 2. The summed E-state index contributed by atoms with van der Waals surface area (Å²) in [6.45, 7) is 4.73. The van der Waals surface area contributed by atoms with Gasteiger partial charge in [-0.1, -0.05) is 24.3 Å². The van der Waals surface area contributed by atoms with Crippen LogP contribution in [0, 0.1) is 0 Å². The molecule has 5 heteroatoms. The smallest absolute Gasteiger partial charge is 0.335 e. The van der Waals surface area contributed by atoms with Crippen molar-refractivity contribution >= 4 is 11.7 Å². The number of hydrogen-bond acceptors (Lipinski definition) is 4. The fourth-order valence-electron chi connectivity index (χ4n) is 3.03. The van der Waals surface area contributed by atoms with E-state index in [1.54, 1.807) is 12.1 Å². The van der Waals surface area contributed by atoms with E-state index in [0.717, 1.165) is 49.5 Å². The Hall–Kier alpha value is -2.37. The Kier molecular flexibility index (Phi) is 5.13. The number of hydrogen-bond donors (Lipinski definition) is 2. The lowest BCUT2D eigenvalue weighted by Gasteiger charge is -2.36. The molecule has 0 bridgehead atoms. The van der Waals surface area contributed by atoms with E-state index in [0.29, 0.717) is 5.56 Å². The molecule has 24 heavy (non-hydrogen) atoms. The molecule has 1 aliphatic rings. The molecule has 0 spiro atoms. The van der Waals surface area contributed by atoms with Crippen molar-refractivity contribution in [2.24, 2.45) is 0 Å². The van der Waals surface area contributed by atoms with E-state index >= 15 is 0 Å². The van der Waals surface area contributed by atoms with Crippen molar-refractivity contribution < 1.29 is 15.0 Å². The van der Waals surface area contributed by atoms with Gasteiger partial charge in [0.1, 0.15) is 0 Å². The maximum Gasteiger partial charge on any atom is 0.335 e. The molecule has 1 heterocycles. The van der Waals surface area contributed by atoms with Gasteiger partial charge in [-0.05, 0) is 35.4 Å². The van der Waals surface area contributed by atoms with Crippen molar-refractivity contribution in [3.8, 4) is 0 Å². The summed E-state index contributed by atoms with van der Waals surface area (Å²) in [5.74, 6) is -0.889. The number of piperazine rings is 1. The minimum Gasteiger partial charge on any atom is -0.478 e. The molecule has 0 atom stereocenters. The zero-order valence-electron chi connectivity index (χ0n) is 13.6. The first-order valence-corrected chi connectivity index (χ1v) is 8.15. The van der Waals surface area contributed by atoms with Crippen molar-refractivity contribution in [1.29, 1.82) is 0 Å². The van der Waals surface area contributed by atoms with E-state index in [2.05, 4.69) is 15.9 Å². The van der Waals surface area contributed by atoms with Crippen molar-refractivity contribution in [2.45, 2.75) is 13.2 Å². The highest BCUT2D eigenvalue weighted by Gasteiger charge is 2.17. The molecule has 0 aromatic heterocycles. The fraction of sp³-hybridized carbons (Fsp3) is 0.316. The zero-order valence-corrected chi connectivity index (χ0v) is 13.6. The summed E-state index contributed by atoms with van der Waals surface area (Å²) < 4.78 is 0. The van der Waals surface area contributed by atoms with Crippen LogP contribution in [0.5, 0.6) is 0 Å². The van der Waals surface area contributed by atoms with E-state index in [1.807, 2.05) is 30.3 Å². The number of rotatable bonds is 5. The largest absolute Gasteiger partial charge is 0.478 e. The third kappa shape index (κ3) is 3.93. The van der Waals surface area contributed by atoms with Crippen LogP contribution in [0.25, 0.3) is 0 Å². The van der Waals surface area contributed by atoms with Gasteiger partial charge in [-0.25, -0.2) is 4.79 Å². The lowest BCUT2D eigenvalue weighted by atomic mass is 10.1. The molecular formula is C19H22N2O3. The lowest BCUT2D eigenvalue weighted by molar-refractivity contribution is 0.0697. The molecule has 1 aliphatic heterocycles. The summed E-state index contributed by atoms with van der Waals surface area (Å²) in [6, 6.07) is 15.1. The molecule has 1 saturated heterocycles. The number of aliphatic hydroxyl groups excluding tert-OH is 1. The summed E-state index contributed by atoms with van der Waals surface area (Å²) in [7, 11) is 0. The normalized spacial score (nSPS) is 15.5. The minimum absolute atomic E-state index is 0.0696. The van der Waals surface area contributed by atoms with Gasteiger partial charge in [0.25, 0.3) is 0 Å². The Morgan fingerprint density at radius 2 is 1.67 bits per heavy atom. The number of aliphatic hydroxyl groups is 1. The molecule has 0 radical (unpaired) electrons. The zero-order chi connectivity index (χ0) is 16.9. The highest BCUT2D eigenvalue weighted by molar-refractivity contribution is 5.87. The average Bonchev–Trinajstić information content (AvgIpc) is 2.63. The summed E-state index contributed by atoms with van der Waals surface area (Å²) in [5.41, 5.74) is 3.56. The molecule has 2 aromatic carbocycles. The standard InChI is InChI=1S/C19H22N2O3/c22-14-16-2-1-3-18(12-16)21-10-8-20(9-11-21)13-15-4-6-17(7-5-15)19(23)24/h1-7,12,22H,8-11,13-14H2,(H,23,24). The summed E-state index contributed by atoms with van der Waals surface area (Å²) in [4.78, 5) is 15.6. The van der Waals surface area contributed by atoms with Crippen LogP contribution >= 0.6 is 0 Å². The molecule has 2 N–H and O–H groups in total. The summed E-state index contributed by atoms with van der Waals surface area (Å²) in [6.07, 6.45) is 0. The second-order valence-electron chi connectivity index (χ2n) is 6.09. The highest BCUT2D eigenvalue weighted by Crippen LogP contribution is 2.19. The molecule has 0 aliphatic carbocycles. The van der Waals surface area contributed by atoms with Crippen LogP contribution in [0.3, 0.4) is 0 Å². The van der Waals surface area contributed by atoms with E-state index in [-0.39, 0.29) is 6.61 Å². The Labute approximate surface area is 141 Å². The average molecular weight is 326 g/mol. The molecule has 0 unspecified atom stereocenters. The van der Waals surface area contributed by atoms with Gasteiger partial charge in [-0.15, -0.1) is 0 Å². The van der Waals surface area contributed by atoms with Gasteiger partial charge in [0.05, 0.1) is 12.2 Å². The maximum absolute atomic E-state index is 10.9. The predicted molar refractivity (Wildman–Crippen MR) is 93.3 cm³/mol. The van der Waals surface area contributed by atoms with Gasteiger partial charge < -0.3 is 15.1 Å². The number of anilines is 1. The maximum atomic E-state index is 10.9. The third-order valence-corrected chi connectivity index (χ3v) is 4.44. The Morgan fingerprint density at radius 3 is 2.29 bits per heavy atom. The van der Waals surface area contributed by atoms with Crippen molar-refractivity contribution in [3.05, 3.63) is 65.2 Å². The lowest BCUT2D eigenvalue weighted by Crippen LogP contribution is -2.46. The van der Waals surface area contributed by atoms with Crippen LogP contribution in [0.15, 0.2) is 48.5 Å². The molecule has 5 nitrogen and oxygen atoms in total. The van der Waals surface area contributed by atoms with Crippen LogP contribution in [0.4, 0.5) is 5.69 Å². The number of nitrogens with zero attached hydrogens (tertiary/aromatic N) is 2. The molecule has 0 saturated carbocycles. The first-order chi connectivity index (χ1) is 11.7. The van der Waals surface area contributed by atoms with Gasteiger partial charge in [0, 0.05) is 38.4 Å². The second-order valence-corrected chi connectivity index (χ2v) is 6.09. The third-order valence-electron chi connectivity index (χ3n) is 4.44. The SMILES string of the molecule is O=C(O)c1ccc(CN2CCN(c3cccc(CO)c3)CC2)cc1. The van der Waals surface area contributed by atoms with E-state index < -0.39 is 5.97 Å². The van der Waals surface area contributed by atoms with E-state index in [1.165, 1.54) is 0 Å². The van der Waals surface area contributed by atoms with E-state index in [4.69, 9.17) is 5.11 Å². The summed E-state index contributed by atoms with van der Waals surface area (Å²) >= 11 is 0. The Morgan fingerprint density at radius 1 is 0.958 bits per heavy atom. The number of carbonyl (C=O) groups is 1. The van der Waals surface area contributed by atoms with Crippen LogP contribution in [-0.2, 0) is 13.2 Å². The Bertz CT molecular complexity index is 692. The van der Waals surface area contributed by atoms with Gasteiger partial charge in [-0.2, -0.15) is 0 Å². The minimum atomic E-state index is -0.889. The Balaban J connectivity index is 1.55. The molecule has 1 fully saturated rings. The van der Waals surface area contributed by atoms with Crippen LogP contribution in [0.2, 0.25) is 0 Å². The number of aromatic carboxylic acids is 1. The number of carboxylic acid groups (broad SMARTS) is 1. The summed E-state index contributed by atoms with van der Waals surface area (Å²) in [5, 5.41) is 18.2. The molecule has 3 rings (SSSR count). The topological polar surface area (TPSA) is 64.0 Å². The van der Waals surface area contributed by atoms with Gasteiger partial charge >= 0.3 is 5.97 Å². The highest BCUT2D eigenvalue weighted by atomic mass is 16.4. The monoisotopic (exact) mass is 326 g/mol. The van der Waals surface area contributed by atoms with Gasteiger partial charge in [-0.3, -0.25) is 4.90 Å². The van der Waals surface area contributed by atoms with Gasteiger partial charge in [0.2, 0.25) is 0 Å². The first kappa shape index (κ1) is 16.5. The van der Waals surface area contributed by atoms with Crippen LogP contribution in [-0.4, -0.2) is 47.3 Å². The van der Waals surface area contributed by atoms with E-state index in [9.17, 15) is 9.90 Å². The molecule has 0 amide bonds.